The molecule has 0 fully saturated rings. The molecule has 0 bridgehead atoms. The third kappa shape index (κ3) is 4.99. The second-order valence-electron chi connectivity index (χ2n) is 4.58. The van der Waals surface area contributed by atoms with Crippen LogP contribution in [0.5, 0.6) is 0 Å². The summed E-state index contributed by atoms with van der Waals surface area (Å²) in [7, 11) is 0. The van der Waals surface area contributed by atoms with E-state index in [1.165, 1.54) is 0 Å². The van der Waals surface area contributed by atoms with Gasteiger partial charge < -0.3 is 16.4 Å². The van der Waals surface area contributed by atoms with Crippen LogP contribution in [0.25, 0.3) is 0 Å². The lowest BCUT2D eigenvalue weighted by molar-refractivity contribution is -0.124. The Bertz CT molecular complexity index is 420. The van der Waals surface area contributed by atoms with Gasteiger partial charge in [-0.25, -0.2) is 4.79 Å². The molecule has 5 nitrogen and oxygen atoms in total. The van der Waals surface area contributed by atoms with Crippen LogP contribution in [0.4, 0.5) is 4.79 Å². The minimum atomic E-state index is -0.680. The summed E-state index contributed by atoms with van der Waals surface area (Å²) in [5, 5.41) is 5.30. The zero-order valence-corrected chi connectivity index (χ0v) is 11.3. The van der Waals surface area contributed by atoms with Crippen LogP contribution in [-0.2, 0) is 11.3 Å². The highest BCUT2D eigenvalue weighted by atomic mass is 16.2. The van der Waals surface area contributed by atoms with Crippen LogP contribution >= 0.6 is 0 Å². The third-order valence-corrected chi connectivity index (χ3v) is 3.10. The van der Waals surface area contributed by atoms with Crippen molar-refractivity contribution in [1.29, 1.82) is 0 Å². The standard InChI is InChI=1S/C14H21N3O2/c1-3-10(2)12(17-14(15)19)13(18)16-9-11-7-5-4-6-8-11/h4-8,10,12H,3,9H2,1-2H3,(H,16,18)(H3,15,17,19)/t10-,12+/m1/s1. The van der Waals surface area contributed by atoms with Crippen LogP contribution in [0.1, 0.15) is 25.8 Å². The fraction of sp³-hybridized carbons (Fsp3) is 0.429. The van der Waals surface area contributed by atoms with Gasteiger partial charge in [-0.05, 0) is 11.5 Å². The number of amides is 3. The van der Waals surface area contributed by atoms with Crippen molar-refractivity contribution in [2.45, 2.75) is 32.9 Å². The molecule has 2 atom stereocenters. The maximum absolute atomic E-state index is 12.1. The number of carbonyl (C=O) groups is 2. The second kappa shape index (κ2) is 7.41. The Morgan fingerprint density at radius 3 is 2.42 bits per heavy atom. The number of rotatable bonds is 6. The average molecular weight is 263 g/mol. The van der Waals surface area contributed by atoms with Crippen LogP contribution in [0.2, 0.25) is 0 Å². The molecule has 3 amide bonds. The summed E-state index contributed by atoms with van der Waals surface area (Å²) in [6, 6.07) is 8.33. The van der Waals surface area contributed by atoms with Gasteiger partial charge in [0.15, 0.2) is 0 Å². The first-order valence-electron chi connectivity index (χ1n) is 6.42. The van der Waals surface area contributed by atoms with E-state index in [4.69, 9.17) is 5.73 Å². The molecule has 0 aromatic heterocycles. The van der Waals surface area contributed by atoms with Crippen LogP contribution in [-0.4, -0.2) is 18.0 Å². The first kappa shape index (κ1) is 15.0. The summed E-state index contributed by atoms with van der Waals surface area (Å²) >= 11 is 0. The molecule has 1 rings (SSSR count). The monoisotopic (exact) mass is 263 g/mol. The molecular weight excluding hydrogens is 242 g/mol. The lowest BCUT2D eigenvalue weighted by Crippen LogP contribution is -2.51. The summed E-state index contributed by atoms with van der Waals surface area (Å²) < 4.78 is 0. The molecule has 0 spiro atoms. The minimum absolute atomic E-state index is 0.0308. The molecule has 0 radical (unpaired) electrons. The van der Waals surface area contributed by atoms with E-state index in [0.29, 0.717) is 6.54 Å². The summed E-state index contributed by atoms with van der Waals surface area (Å²) in [6.45, 7) is 4.31. The normalized spacial score (nSPS) is 13.4. The molecule has 0 aliphatic heterocycles. The van der Waals surface area contributed by atoms with Crippen molar-refractivity contribution in [2.24, 2.45) is 11.7 Å². The lowest BCUT2D eigenvalue weighted by atomic mass is 9.98. The van der Waals surface area contributed by atoms with E-state index in [2.05, 4.69) is 10.6 Å². The number of nitrogens with two attached hydrogens (primary N) is 1. The Kier molecular flexibility index (Phi) is 5.85. The number of hydrogen-bond donors (Lipinski definition) is 3. The largest absolute Gasteiger partial charge is 0.352 e. The van der Waals surface area contributed by atoms with Gasteiger partial charge in [0.25, 0.3) is 0 Å². The van der Waals surface area contributed by atoms with Gasteiger partial charge >= 0.3 is 6.03 Å². The van der Waals surface area contributed by atoms with E-state index in [9.17, 15) is 9.59 Å². The predicted molar refractivity (Wildman–Crippen MR) is 74.3 cm³/mol. The van der Waals surface area contributed by atoms with Crippen LogP contribution in [0, 0.1) is 5.92 Å². The summed E-state index contributed by atoms with van der Waals surface area (Å²) in [4.78, 5) is 23.0. The van der Waals surface area contributed by atoms with E-state index in [1.807, 2.05) is 44.2 Å². The Morgan fingerprint density at radius 2 is 1.89 bits per heavy atom. The third-order valence-electron chi connectivity index (χ3n) is 3.10. The molecule has 4 N–H and O–H groups in total. The van der Waals surface area contributed by atoms with E-state index < -0.39 is 12.1 Å². The van der Waals surface area contributed by atoms with E-state index in [0.717, 1.165) is 12.0 Å². The molecule has 104 valence electrons. The zero-order chi connectivity index (χ0) is 14.3. The molecule has 0 aliphatic rings. The van der Waals surface area contributed by atoms with Crippen molar-refractivity contribution in [2.75, 3.05) is 0 Å². The highest BCUT2D eigenvalue weighted by molar-refractivity contribution is 5.86. The Morgan fingerprint density at radius 1 is 1.26 bits per heavy atom. The fourth-order valence-corrected chi connectivity index (χ4v) is 1.75. The van der Waals surface area contributed by atoms with E-state index >= 15 is 0 Å². The molecule has 5 heteroatoms. The van der Waals surface area contributed by atoms with Crippen molar-refractivity contribution < 1.29 is 9.59 Å². The Hall–Kier alpha value is -2.04. The van der Waals surface area contributed by atoms with Gasteiger partial charge in [-0.1, -0.05) is 50.6 Å². The van der Waals surface area contributed by atoms with Gasteiger partial charge in [-0.3, -0.25) is 4.79 Å². The minimum Gasteiger partial charge on any atom is -0.352 e. The Labute approximate surface area is 113 Å². The second-order valence-corrected chi connectivity index (χ2v) is 4.58. The Balaban J connectivity index is 2.59. The quantitative estimate of drug-likeness (QED) is 0.724. The molecule has 19 heavy (non-hydrogen) atoms. The van der Waals surface area contributed by atoms with Crippen molar-refractivity contribution in [3.05, 3.63) is 35.9 Å². The highest BCUT2D eigenvalue weighted by Crippen LogP contribution is 2.08. The molecule has 0 unspecified atom stereocenters. The van der Waals surface area contributed by atoms with Crippen molar-refractivity contribution in [3.8, 4) is 0 Å². The lowest BCUT2D eigenvalue weighted by Gasteiger charge is -2.22. The van der Waals surface area contributed by atoms with Gasteiger partial charge in [0.05, 0.1) is 0 Å². The van der Waals surface area contributed by atoms with Gasteiger partial charge in [-0.15, -0.1) is 0 Å². The molecule has 0 saturated heterocycles. The van der Waals surface area contributed by atoms with Gasteiger partial charge in [0.2, 0.25) is 5.91 Å². The van der Waals surface area contributed by atoms with Crippen LogP contribution in [0.15, 0.2) is 30.3 Å². The highest BCUT2D eigenvalue weighted by Gasteiger charge is 2.24. The molecular formula is C14H21N3O2. The number of primary amides is 1. The van der Waals surface area contributed by atoms with Gasteiger partial charge in [0, 0.05) is 6.54 Å². The maximum Gasteiger partial charge on any atom is 0.312 e. The van der Waals surface area contributed by atoms with Gasteiger partial charge in [0.1, 0.15) is 6.04 Å². The molecule has 0 saturated carbocycles. The molecule has 1 aromatic rings. The average Bonchev–Trinajstić information content (AvgIpc) is 2.42. The summed E-state index contributed by atoms with van der Waals surface area (Å²) in [5.74, 6) is -0.180. The summed E-state index contributed by atoms with van der Waals surface area (Å²) in [5.41, 5.74) is 6.11. The summed E-state index contributed by atoms with van der Waals surface area (Å²) in [6.07, 6.45) is 0.781. The van der Waals surface area contributed by atoms with Crippen molar-refractivity contribution >= 4 is 11.9 Å². The molecule has 1 aromatic carbocycles. The van der Waals surface area contributed by atoms with Crippen LogP contribution in [0.3, 0.4) is 0 Å². The number of urea groups is 1. The molecule has 0 aliphatic carbocycles. The fourth-order valence-electron chi connectivity index (χ4n) is 1.75. The van der Waals surface area contributed by atoms with E-state index in [1.54, 1.807) is 0 Å². The smallest absolute Gasteiger partial charge is 0.312 e. The first-order valence-corrected chi connectivity index (χ1v) is 6.42. The number of benzene rings is 1. The van der Waals surface area contributed by atoms with Crippen LogP contribution < -0.4 is 16.4 Å². The number of carbonyl (C=O) groups excluding carboxylic acids is 2. The van der Waals surface area contributed by atoms with Crippen molar-refractivity contribution in [3.63, 3.8) is 0 Å². The number of hydrogen-bond acceptors (Lipinski definition) is 2. The predicted octanol–water partition coefficient (Wildman–Crippen LogP) is 1.39. The topological polar surface area (TPSA) is 84.2 Å². The maximum atomic E-state index is 12.1. The first-order chi connectivity index (χ1) is 9.04. The SMILES string of the molecule is CC[C@@H](C)[C@H](NC(N)=O)C(=O)NCc1ccccc1. The van der Waals surface area contributed by atoms with Crippen molar-refractivity contribution in [1.82, 2.24) is 10.6 Å². The van der Waals surface area contributed by atoms with E-state index in [-0.39, 0.29) is 11.8 Å². The molecule has 0 heterocycles. The van der Waals surface area contributed by atoms with Gasteiger partial charge in [-0.2, -0.15) is 0 Å². The zero-order valence-electron chi connectivity index (χ0n) is 11.3. The number of nitrogens with one attached hydrogen (secondary N) is 2.